The van der Waals surface area contributed by atoms with E-state index in [2.05, 4.69) is 6.92 Å². The molecule has 1 rings (SSSR count). The van der Waals surface area contributed by atoms with Crippen LogP contribution < -0.4 is 4.90 Å². The van der Waals surface area contributed by atoms with Crippen LogP contribution in [-0.2, 0) is 19.1 Å². The molecule has 1 atom stereocenters. The molecule has 1 aromatic carbocycles. The van der Waals surface area contributed by atoms with Crippen molar-refractivity contribution in [3.05, 3.63) is 28.3 Å². The standard InChI is InChI=1S/C22H32ClNO4S/c1-6-7-8-9-10-11-20(26)29-14-19(25)24(17(4)22(27)28-5)21-15(2)12-13-18(23)16(21)3/h12-13,17H,6-11,14H2,1-5H3/t17-/m0/s1. The molecule has 0 saturated carbocycles. The monoisotopic (exact) mass is 441 g/mol. The van der Waals surface area contributed by atoms with E-state index in [1.54, 1.807) is 13.0 Å². The lowest BCUT2D eigenvalue weighted by atomic mass is 10.1. The van der Waals surface area contributed by atoms with E-state index in [1.807, 2.05) is 19.9 Å². The predicted octanol–water partition coefficient (Wildman–Crippen LogP) is 5.47. The minimum Gasteiger partial charge on any atom is -0.467 e. The molecule has 1 aromatic rings. The first-order valence-electron chi connectivity index (χ1n) is 10.1. The van der Waals surface area contributed by atoms with E-state index in [4.69, 9.17) is 16.3 Å². The number of anilines is 1. The van der Waals surface area contributed by atoms with Crippen molar-refractivity contribution in [3.8, 4) is 0 Å². The van der Waals surface area contributed by atoms with Crippen molar-refractivity contribution in [2.24, 2.45) is 0 Å². The van der Waals surface area contributed by atoms with E-state index in [0.717, 1.165) is 43.0 Å². The fourth-order valence-electron chi connectivity index (χ4n) is 3.15. The van der Waals surface area contributed by atoms with Gasteiger partial charge in [-0.15, -0.1) is 0 Å². The summed E-state index contributed by atoms with van der Waals surface area (Å²) in [6.07, 6.45) is 5.80. The van der Waals surface area contributed by atoms with Crippen molar-refractivity contribution < 1.29 is 19.1 Å². The van der Waals surface area contributed by atoms with Crippen molar-refractivity contribution in [2.75, 3.05) is 17.8 Å². The van der Waals surface area contributed by atoms with Crippen LogP contribution in [0.15, 0.2) is 12.1 Å². The summed E-state index contributed by atoms with van der Waals surface area (Å²) in [6, 6.07) is 2.75. The first-order chi connectivity index (χ1) is 13.7. The van der Waals surface area contributed by atoms with Crippen LogP contribution in [0.4, 0.5) is 5.69 Å². The lowest BCUT2D eigenvalue weighted by molar-refractivity contribution is -0.142. The number of halogens is 1. The van der Waals surface area contributed by atoms with Crippen molar-refractivity contribution in [2.45, 2.75) is 72.3 Å². The summed E-state index contributed by atoms with van der Waals surface area (Å²) >= 11 is 7.27. The number of methoxy groups -OCH3 is 1. The molecule has 7 heteroatoms. The Balaban J connectivity index is 2.90. The molecule has 0 spiro atoms. The number of esters is 1. The molecule has 0 radical (unpaired) electrons. The number of thioether (sulfide) groups is 1. The van der Waals surface area contributed by atoms with E-state index < -0.39 is 12.0 Å². The minimum atomic E-state index is -0.826. The van der Waals surface area contributed by atoms with Gasteiger partial charge in [0.1, 0.15) is 6.04 Å². The molecule has 0 fully saturated rings. The molecule has 29 heavy (non-hydrogen) atoms. The van der Waals surface area contributed by atoms with Crippen LogP contribution in [0.3, 0.4) is 0 Å². The average Bonchev–Trinajstić information content (AvgIpc) is 2.70. The normalized spacial score (nSPS) is 11.8. The number of hydrogen-bond donors (Lipinski definition) is 0. The molecule has 0 N–H and O–H groups in total. The van der Waals surface area contributed by atoms with Gasteiger partial charge in [0.25, 0.3) is 0 Å². The third-order valence-corrected chi connectivity index (χ3v) is 6.17. The van der Waals surface area contributed by atoms with Crippen LogP contribution in [-0.4, -0.2) is 35.9 Å². The molecule has 162 valence electrons. The van der Waals surface area contributed by atoms with E-state index in [1.165, 1.54) is 18.4 Å². The van der Waals surface area contributed by atoms with Gasteiger partial charge in [0.2, 0.25) is 5.91 Å². The van der Waals surface area contributed by atoms with Gasteiger partial charge in [0.15, 0.2) is 5.12 Å². The number of ether oxygens (including phenoxy) is 1. The zero-order valence-corrected chi connectivity index (χ0v) is 19.6. The maximum Gasteiger partial charge on any atom is 0.328 e. The Bertz CT molecular complexity index is 723. The molecular formula is C22H32ClNO4S. The Kier molecular flexibility index (Phi) is 11.4. The lowest BCUT2D eigenvalue weighted by Gasteiger charge is -2.30. The molecule has 5 nitrogen and oxygen atoms in total. The second-order valence-corrected chi connectivity index (χ2v) is 8.57. The molecule has 0 heterocycles. The van der Waals surface area contributed by atoms with Gasteiger partial charge in [-0.2, -0.15) is 0 Å². The van der Waals surface area contributed by atoms with Crippen LogP contribution in [0.1, 0.15) is 63.5 Å². The number of rotatable bonds is 11. The molecule has 0 aromatic heterocycles. The van der Waals surface area contributed by atoms with Crippen molar-refractivity contribution in [1.82, 2.24) is 0 Å². The van der Waals surface area contributed by atoms with Gasteiger partial charge in [-0.1, -0.05) is 62.0 Å². The average molecular weight is 442 g/mol. The highest BCUT2D eigenvalue weighted by Crippen LogP contribution is 2.32. The van der Waals surface area contributed by atoms with E-state index in [9.17, 15) is 14.4 Å². The fraction of sp³-hybridized carbons (Fsp3) is 0.591. The smallest absolute Gasteiger partial charge is 0.328 e. The zero-order valence-electron chi connectivity index (χ0n) is 18.0. The number of hydrogen-bond acceptors (Lipinski definition) is 5. The Hall–Kier alpha value is -1.53. The zero-order chi connectivity index (χ0) is 22.0. The van der Waals surface area contributed by atoms with Gasteiger partial charge in [0, 0.05) is 11.4 Å². The van der Waals surface area contributed by atoms with E-state index >= 15 is 0 Å². The minimum absolute atomic E-state index is 0.0000533. The number of carbonyl (C=O) groups excluding carboxylic acids is 3. The maximum atomic E-state index is 13.0. The maximum absolute atomic E-state index is 13.0. The number of unbranched alkanes of at least 4 members (excludes halogenated alkanes) is 4. The molecule has 1 amide bonds. The summed E-state index contributed by atoms with van der Waals surface area (Å²) in [7, 11) is 1.29. The Labute approximate surface area is 183 Å². The summed E-state index contributed by atoms with van der Waals surface area (Å²) in [4.78, 5) is 38.8. The number of aryl methyl sites for hydroxylation is 1. The molecule has 0 saturated heterocycles. The molecule has 0 aliphatic carbocycles. The first kappa shape index (κ1) is 25.5. The van der Waals surface area contributed by atoms with Gasteiger partial charge in [-0.3, -0.25) is 14.5 Å². The number of carbonyl (C=O) groups is 3. The highest BCUT2D eigenvalue weighted by molar-refractivity contribution is 8.14. The van der Waals surface area contributed by atoms with Gasteiger partial charge in [-0.05, 0) is 44.4 Å². The summed E-state index contributed by atoms with van der Waals surface area (Å²) in [5, 5.41) is 0.510. The second kappa shape index (κ2) is 12.9. The number of nitrogens with zero attached hydrogens (tertiary/aromatic N) is 1. The lowest BCUT2D eigenvalue weighted by Crippen LogP contribution is -2.45. The highest BCUT2D eigenvalue weighted by Gasteiger charge is 2.31. The Morgan fingerprint density at radius 2 is 1.79 bits per heavy atom. The van der Waals surface area contributed by atoms with E-state index in [0.29, 0.717) is 22.7 Å². The summed E-state index contributed by atoms with van der Waals surface area (Å²) in [6.45, 7) is 7.43. The third-order valence-electron chi connectivity index (χ3n) is 4.85. The van der Waals surface area contributed by atoms with Gasteiger partial charge >= 0.3 is 5.97 Å². The largest absolute Gasteiger partial charge is 0.467 e. The summed E-state index contributed by atoms with van der Waals surface area (Å²) < 4.78 is 4.85. The van der Waals surface area contributed by atoms with Gasteiger partial charge in [0.05, 0.1) is 18.6 Å². The topological polar surface area (TPSA) is 63.7 Å². The van der Waals surface area contributed by atoms with Crippen molar-refractivity contribution >= 4 is 46.0 Å². The number of amides is 1. The molecular weight excluding hydrogens is 410 g/mol. The summed E-state index contributed by atoms with van der Waals surface area (Å²) in [5.41, 5.74) is 2.12. The Morgan fingerprint density at radius 1 is 1.14 bits per heavy atom. The highest BCUT2D eigenvalue weighted by atomic mass is 35.5. The van der Waals surface area contributed by atoms with Gasteiger partial charge in [-0.25, -0.2) is 4.79 Å². The molecule has 0 bridgehead atoms. The van der Waals surface area contributed by atoms with Crippen molar-refractivity contribution in [3.63, 3.8) is 0 Å². The third kappa shape index (κ3) is 7.67. The molecule has 0 unspecified atom stereocenters. The van der Waals surface area contributed by atoms with Crippen LogP contribution in [0.25, 0.3) is 0 Å². The van der Waals surface area contributed by atoms with Crippen LogP contribution >= 0.6 is 23.4 Å². The van der Waals surface area contributed by atoms with Crippen molar-refractivity contribution in [1.29, 1.82) is 0 Å². The molecule has 0 aliphatic heterocycles. The van der Waals surface area contributed by atoms with Crippen LogP contribution in [0.5, 0.6) is 0 Å². The quantitative estimate of drug-likeness (QED) is 0.336. The molecule has 0 aliphatic rings. The van der Waals surface area contributed by atoms with Crippen LogP contribution in [0.2, 0.25) is 5.02 Å². The van der Waals surface area contributed by atoms with Gasteiger partial charge < -0.3 is 4.74 Å². The van der Waals surface area contributed by atoms with E-state index in [-0.39, 0.29) is 16.8 Å². The number of benzene rings is 1. The summed E-state index contributed by atoms with van der Waals surface area (Å²) in [5.74, 6) is -0.870. The predicted molar refractivity (Wildman–Crippen MR) is 121 cm³/mol. The van der Waals surface area contributed by atoms with Crippen LogP contribution in [0, 0.1) is 13.8 Å². The fourth-order valence-corrected chi connectivity index (χ4v) is 4.01. The second-order valence-electron chi connectivity index (χ2n) is 7.13. The SMILES string of the molecule is CCCCCCCC(=O)SCC(=O)N(c1c(C)ccc(Cl)c1C)[C@@H](C)C(=O)OC. The Morgan fingerprint density at radius 3 is 2.41 bits per heavy atom. The first-order valence-corrected chi connectivity index (χ1v) is 11.4.